The topological polar surface area (TPSA) is 29.5 Å². The maximum absolute atomic E-state index is 6.56. The van der Waals surface area contributed by atoms with E-state index in [1.165, 1.54) is 5.39 Å². The summed E-state index contributed by atoms with van der Waals surface area (Å²) >= 11 is 0. The molecule has 0 atom stereocenters. The summed E-state index contributed by atoms with van der Waals surface area (Å²) in [4.78, 5) is 2.34. The van der Waals surface area contributed by atoms with Gasteiger partial charge < -0.3 is 13.7 Å². The fraction of sp³-hybridized carbons (Fsp3) is 0. The zero-order chi connectivity index (χ0) is 28.3. The summed E-state index contributed by atoms with van der Waals surface area (Å²) < 4.78 is 12.8. The largest absolute Gasteiger partial charge is 0.456 e. The van der Waals surface area contributed by atoms with Gasteiger partial charge in [0.25, 0.3) is 0 Å². The number of para-hydroxylation sites is 2. The van der Waals surface area contributed by atoms with Crippen molar-refractivity contribution in [3.63, 3.8) is 0 Å². The maximum atomic E-state index is 6.56. The van der Waals surface area contributed by atoms with Gasteiger partial charge in [0.15, 0.2) is 0 Å². The average molecular weight is 552 g/mol. The molecule has 0 aliphatic heterocycles. The molecule has 7 aromatic carbocycles. The molecule has 0 spiro atoms. The highest BCUT2D eigenvalue weighted by Gasteiger charge is 2.21. The van der Waals surface area contributed by atoms with Crippen LogP contribution in [0.3, 0.4) is 0 Å². The molecule has 0 unspecified atom stereocenters. The minimum absolute atomic E-state index is 0.871. The van der Waals surface area contributed by atoms with Gasteiger partial charge >= 0.3 is 0 Å². The van der Waals surface area contributed by atoms with E-state index in [1.54, 1.807) is 0 Å². The Bertz CT molecular complexity index is 2470. The second-order valence-corrected chi connectivity index (χ2v) is 10.9. The van der Waals surface area contributed by atoms with Gasteiger partial charge in [0.05, 0.1) is 11.1 Å². The molecule has 0 amide bonds. The van der Waals surface area contributed by atoms with E-state index in [1.807, 2.05) is 18.2 Å². The van der Waals surface area contributed by atoms with Crippen LogP contribution in [-0.2, 0) is 0 Å². The molecule has 0 saturated carbocycles. The summed E-state index contributed by atoms with van der Waals surface area (Å²) in [6, 6.07) is 53.0. The third kappa shape index (κ3) is 3.68. The van der Waals surface area contributed by atoms with Gasteiger partial charge in [-0.3, -0.25) is 0 Å². The first-order valence-electron chi connectivity index (χ1n) is 14.5. The van der Waals surface area contributed by atoms with Crippen LogP contribution in [0.1, 0.15) is 0 Å². The number of rotatable bonds is 4. The minimum atomic E-state index is 0.871. The summed E-state index contributed by atoms with van der Waals surface area (Å²) in [6.45, 7) is 0. The molecule has 0 fully saturated rings. The predicted molar refractivity (Wildman–Crippen MR) is 179 cm³/mol. The Hall–Kier alpha value is -5.80. The number of hydrogen-bond acceptors (Lipinski definition) is 3. The Morgan fingerprint density at radius 2 is 1.12 bits per heavy atom. The summed E-state index contributed by atoms with van der Waals surface area (Å²) in [6.07, 6.45) is 0. The number of hydrogen-bond donors (Lipinski definition) is 0. The fourth-order valence-electron chi connectivity index (χ4n) is 6.55. The highest BCUT2D eigenvalue weighted by Crippen LogP contribution is 2.45. The van der Waals surface area contributed by atoms with E-state index in [0.29, 0.717) is 0 Å². The lowest BCUT2D eigenvalue weighted by atomic mass is 9.98. The van der Waals surface area contributed by atoms with Crippen LogP contribution in [0, 0.1) is 0 Å². The van der Waals surface area contributed by atoms with Crippen LogP contribution in [-0.4, -0.2) is 0 Å². The van der Waals surface area contributed by atoms with Crippen molar-refractivity contribution in [2.75, 3.05) is 4.90 Å². The molecular formula is C40H25NO2. The van der Waals surface area contributed by atoms with Crippen molar-refractivity contribution in [2.45, 2.75) is 0 Å². The predicted octanol–water partition coefficient (Wildman–Crippen LogP) is 11.8. The summed E-state index contributed by atoms with van der Waals surface area (Å²) in [5.41, 5.74) is 9.08. The minimum Gasteiger partial charge on any atom is -0.456 e. The standard InChI is InChI=1S/C40H25NO2/c1-2-13-28(14-3-1)41(34-19-10-22-37-39(34)33-24-23-26-11-4-5-16-31(26)40(33)43-37)29-15-8-12-27(25-29)30-18-9-21-36-38(30)32-17-6-7-20-35(32)42-36/h1-25H. The first kappa shape index (κ1) is 23.9. The smallest absolute Gasteiger partial charge is 0.143 e. The highest BCUT2D eigenvalue weighted by atomic mass is 16.3. The van der Waals surface area contributed by atoms with E-state index >= 15 is 0 Å². The van der Waals surface area contributed by atoms with E-state index in [-0.39, 0.29) is 0 Å². The molecular weight excluding hydrogens is 526 g/mol. The lowest BCUT2D eigenvalue weighted by molar-refractivity contribution is 0.669. The van der Waals surface area contributed by atoms with Gasteiger partial charge in [-0.15, -0.1) is 0 Å². The lowest BCUT2D eigenvalue weighted by Gasteiger charge is -2.26. The van der Waals surface area contributed by atoms with Crippen LogP contribution in [0.4, 0.5) is 17.1 Å². The van der Waals surface area contributed by atoms with Crippen molar-refractivity contribution in [3.8, 4) is 11.1 Å². The number of anilines is 3. The van der Waals surface area contributed by atoms with Crippen LogP contribution < -0.4 is 4.90 Å². The van der Waals surface area contributed by atoms with Gasteiger partial charge in [0.1, 0.15) is 22.3 Å². The van der Waals surface area contributed by atoms with Crippen LogP contribution >= 0.6 is 0 Å². The van der Waals surface area contributed by atoms with Crippen molar-refractivity contribution in [1.82, 2.24) is 0 Å². The molecule has 0 N–H and O–H groups in total. The van der Waals surface area contributed by atoms with Crippen molar-refractivity contribution < 1.29 is 8.83 Å². The van der Waals surface area contributed by atoms with Gasteiger partial charge in [-0.05, 0) is 71.1 Å². The maximum Gasteiger partial charge on any atom is 0.143 e. The molecule has 0 radical (unpaired) electrons. The van der Waals surface area contributed by atoms with Crippen molar-refractivity contribution in [1.29, 1.82) is 0 Å². The number of fused-ring (bicyclic) bond motifs is 8. The first-order valence-corrected chi connectivity index (χ1v) is 14.5. The van der Waals surface area contributed by atoms with E-state index in [9.17, 15) is 0 Å². The Labute approximate surface area is 247 Å². The number of benzene rings is 7. The molecule has 9 aromatic rings. The molecule has 0 saturated heterocycles. The Kier molecular flexibility index (Phi) is 5.20. The van der Waals surface area contributed by atoms with E-state index in [0.717, 1.165) is 77.5 Å². The summed E-state index contributed by atoms with van der Waals surface area (Å²) in [5.74, 6) is 0. The SMILES string of the molecule is c1ccc(N(c2cccc(-c3cccc4oc5ccccc5c34)c2)c2cccc3oc4c5ccccc5ccc4c23)cc1. The zero-order valence-corrected chi connectivity index (χ0v) is 23.2. The molecule has 2 heterocycles. The lowest BCUT2D eigenvalue weighted by Crippen LogP contribution is -2.10. The van der Waals surface area contributed by atoms with Gasteiger partial charge in [0, 0.05) is 32.9 Å². The van der Waals surface area contributed by atoms with Crippen molar-refractivity contribution >= 4 is 71.7 Å². The van der Waals surface area contributed by atoms with Crippen molar-refractivity contribution in [2.24, 2.45) is 0 Å². The van der Waals surface area contributed by atoms with E-state index in [4.69, 9.17) is 8.83 Å². The van der Waals surface area contributed by atoms with Crippen LogP contribution in [0.15, 0.2) is 160 Å². The van der Waals surface area contributed by atoms with Crippen LogP contribution in [0.5, 0.6) is 0 Å². The van der Waals surface area contributed by atoms with Crippen molar-refractivity contribution in [3.05, 3.63) is 152 Å². The molecule has 202 valence electrons. The highest BCUT2D eigenvalue weighted by molar-refractivity contribution is 6.19. The molecule has 2 aromatic heterocycles. The van der Waals surface area contributed by atoms with Crippen LogP contribution in [0.25, 0.3) is 65.8 Å². The molecule has 9 rings (SSSR count). The van der Waals surface area contributed by atoms with Gasteiger partial charge in [0.2, 0.25) is 0 Å². The molecule has 0 bridgehead atoms. The quantitative estimate of drug-likeness (QED) is 0.218. The zero-order valence-electron chi connectivity index (χ0n) is 23.2. The Morgan fingerprint density at radius 3 is 2.02 bits per heavy atom. The molecule has 3 heteroatoms. The molecule has 3 nitrogen and oxygen atoms in total. The summed E-state index contributed by atoms with van der Waals surface area (Å²) in [5, 5.41) is 6.76. The normalized spacial score (nSPS) is 11.7. The van der Waals surface area contributed by atoms with E-state index in [2.05, 4.69) is 138 Å². The fourth-order valence-corrected chi connectivity index (χ4v) is 6.55. The third-order valence-electron chi connectivity index (χ3n) is 8.44. The summed E-state index contributed by atoms with van der Waals surface area (Å²) in [7, 11) is 0. The molecule has 43 heavy (non-hydrogen) atoms. The Balaban J connectivity index is 1.30. The van der Waals surface area contributed by atoms with E-state index < -0.39 is 0 Å². The molecule has 0 aliphatic carbocycles. The van der Waals surface area contributed by atoms with Gasteiger partial charge in [-0.2, -0.15) is 0 Å². The monoisotopic (exact) mass is 551 g/mol. The molecule has 0 aliphatic rings. The van der Waals surface area contributed by atoms with Crippen LogP contribution in [0.2, 0.25) is 0 Å². The number of furan rings is 2. The second-order valence-electron chi connectivity index (χ2n) is 10.9. The van der Waals surface area contributed by atoms with Gasteiger partial charge in [-0.25, -0.2) is 0 Å². The Morgan fingerprint density at radius 1 is 0.419 bits per heavy atom. The number of nitrogens with zero attached hydrogens (tertiary/aromatic N) is 1. The van der Waals surface area contributed by atoms with Gasteiger partial charge in [-0.1, -0.05) is 97.1 Å². The third-order valence-corrected chi connectivity index (χ3v) is 8.44. The first-order chi connectivity index (χ1) is 21.3. The average Bonchev–Trinajstić information content (AvgIpc) is 3.65. The second kappa shape index (κ2) is 9.37.